The summed E-state index contributed by atoms with van der Waals surface area (Å²) in [7, 11) is 0. The Kier molecular flexibility index (Phi) is 8.36. The normalized spacial score (nSPS) is 46.6. The molecule has 0 radical (unpaired) electrons. The molecule has 0 aromatic rings. The topological polar surface area (TPSA) is 95.9 Å². The van der Waals surface area contributed by atoms with Crippen molar-refractivity contribution in [3.8, 4) is 0 Å². The predicted octanol–water partition coefficient (Wildman–Crippen LogP) is 4.13. The molecular formula is C29H47NO5S. The van der Waals surface area contributed by atoms with E-state index in [0.29, 0.717) is 36.4 Å². The molecule has 4 rings (SSSR count). The fourth-order valence-electron chi connectivity index (χ4n) is 8.43. The second kappa shape index (κ2) is 10.7. The van der Waals surface area contributed by atoms with Crippen LogP contribution in [0.25, 0.3) is 0 Å². The van der Waals surface area contributed by atoms with Gasteiger partial charge in [0.2, 0.25) is 0 Å². The Morgan fingerprint density at radius 2 is 2.00 bits per heavy atom. The molecule has 4 fully saturated rings. The molecule has 10 atom stereocenters. The molecule has 204 valence electrons. The highest BCUT2D eigenvalue weighted by Crippen LogP contribution is 2.68. The molecule has 0 heterocycles. The lowest BCUT2D eigenvalue weighted by Gasteiger charge is -2.61. The zero-order valence-electron chi connectivity index (χ0n) is 22.6. The lowest BCUT2D eigenvalue weighted by atomic mass is 9.44. The molecular weight excluding hydrogens is 474 g/mol. The molecule has 4 aliphatic rings. The molecule has 0 spiro atoms. The third kappa shape index (κ3) is 4.71. The van der Waals surface area contributed by atoms with Gasteiger partial charge >= 0.3 is 5.97 Å². The van der Waals surface area contributed by atoms with Gasteiger partial charge in [-0.25, -0.2) is 0 Å². The maximum atomic E-state index is 13.5. The summed E-state index contributed by atoms with van der Waals surface area (Å²) in [5.74, 6) is 0.394. The second-order valence-electron chi connectivity index (χ2n) is 12.7. The van der Waals surface area contributed by atoms with Crippen molar-refractivity contribution in [2.45, 2.75) is 103 Å². The van der Waals surface area contributed by atoms with E-state index in [4.69, 9.17) is 9.84 Å². The molecule has 4 saturated carbocycles. The summed E-state index contributed by atoms with van der Waals surface area (Å²) in [5, 5.41) is 24.4. The van der Waals surface area contributed by atoms with Crippen LogP contribution in [0.5, 0.6) is 0 Å². The number of thioether (sulfide) groups is 1. The first-order valence-electron chi connectivity index (χ1n) is 14.0. The predicted molar refractivity (Wildman–Crippen MR) is 144 cm³/mol. The third-order valence-electron chi connectivity index (χ3n) is 10.9. The van der Waals surface area contributed by atoms with Crippen LogP contribution in [-0.2, 0) is 14.3 Å². The van der Waals surface area contributed by atoms with Crippen molar-refractivity contribution in [3.05, 3.63) is 12.7 Å². The quantitative estimate of drug-likeness (QED) is 0.326. The molecule has 2 bridgehead atoms. The summed E-state index contributed by atoms with van der Waals surface area (Å²) in [6.45, 7) is 13.4. The van der Waals surface area contributed by atoms with Crippen molar-refractivity contribution < 1.29 is 24.5 Å². The zero-order valence-corrected chi connectivity index (χ0v) is 23.4. The molecule has 3 unspecified atom stereocenters. The lowest BCUT2D eigenvalue weighted by Crippen LogP contribution is -2.63. The first kappa shape index (κ1) is 28.1. The first-order valence-corrected chi connectivity index (χ1v) is 15.1. The number of esters is 1. The molecule has 0 aliphatic heterocycles. The average Bonchev–Trinajstić information content (AvgIpc) is 3.46. The fourth-order valence-corrected chi connectivity index (χ4v) is 9.54. The first-order chi connectivity index (χ1) is 17.0. The number of nitrogens with one attached hydrogen (secondary N) is 1. The molecule has 4 aliphatic carbocycles. The van der Waals surface area contributed by atoms with Crippen LogP contribution in [0.1, 0.15) is 79.1 Å². The van der Waals surface area contributed by atoms with E-state index >= 15 is 0 Å². The molecule has 7 heteroatoms. The minimum atomic E-state index is -0.640. The SMILES string of the molecule is C=C[C@]1(C)C[C@@H](OC(=O)CSC2CCC(NCCO)C2)[C@]2(C)[C@H](C)CCC3(CCC(=O)[C@H]32)[C@@H](C)[C@@H]1O. The largest absolute Gasteiger partial charge is 0.461 e. The van der Waals surface area contributed by atoms with Gasteiger partial charge < -0.3 is 20.3 Å². The number of hydrogen-bond donors (Lipinski definition) is 3. The molecule has 0 amide bonds. The molecule has 3 N–H and O–H groups in total. The highest BCUT2D eigenvalue weighted by molar-refractivity contribution is 8.00. The van der Waals surface area contributed by atoms with E-state index in [2.05, 4.69) is 32.7 Å². The number of aliphatic hydroxyl groups excluding tert-OH is 2. The molecule has 36 heavy (non-hydrogen) atoms. The van der Waals surface area contributed by atoms with Gasteiger partial charge in [-0.15, -0.1) is 18.3 Å². The van der Waals surface area contributed by atoms with E-state index in [1.807, 2.05) is 13.0 Å². The van der Waals surface area contributed by atoms with Gasteiger partial charge in [0, 0.05) is 41.0 Å². The van der Waals surface area contributed by atoms with Crippen molar-refractivity contribution in [1.29, 1.82) is 0 Å². The average molecular weight is 522 g/mol. The van der Waals surface area contributed by atoms with Gasteiger partial charge in [-0.05, 0) is 62.2 Å². The van der Waals surface area contributed by atoms with Crippen LogP contribution in [0, 0.1) is 34.0 Å². The number of hydrogen-bond acceptors (Lipinski definition) is 7. The van der Waals surface area contributed by atoms with E-state index in [1.54, 1.807) is 11.8 Å². The minimum Gasteiger partial charge on any atom is -0.461 e. The number of rotatable bonds is 8. The highest BCUT2D eigenvalue weighted by Gasteiger charge is 2.68. The molecule has 0 aromatic heterocycles. The summed E-state index contributed by atoms with van der Waals surface area (Å²) >= 11 is 1.66. The van der Waals surface area contributed by atoms with Crippen molar-refractivity contribution in [3.63, 3.8) is 0 Å². The second-order valence-corrected chi connectivity index (χ2v) is 14.0. The van der Waals surface area contributed by atoms with E-state index in [0.717, 1.165) is 38.5 Å². The van der Waals surface area contributed by atoms with E-state index in [1.165, 1.54) is 0 Å². The maximum absolute atomic E-state index is 13.5. The van der Waals surface area contributed by atoms with Crippen LogP contribution in [0.4, 0.5) is 0 Å². The molecule has 6 nitrogen and oxygen atoms in total. The lowest BCUT2D eigenvalue weighted by molar-refractivity contribution is -0.205. The van der Waals surface area contributed by atoms with E-state index in [-0.39, 0.29) is 41.5 Å². The van der Waals surface area contributed by atoms with Crippen molar-refractivity contribution >= 4 is 23.5 Å². The Bertz CT molecular complexity index is 852. The van der Waals surface area contributed by atoms with Crippen LogP contribution in [0.3, 0.4) is 0 Å². The van der Waals surface area contributed by atoms with Crippen molar-refractivity contribution in [1.82, 2.24) is 5.32 Å². The van der Waals surface area contributed by atoms with E-state index in [9.17, 15) is 14.7 Å². The van der Waals surface area contributed by atoms with Crippen molar-refractivity contribution in [2.75, 3.05) is 18.9 Å². The summed E-state index contributed by atoms with van der Waals surface area (Å²) in [6.07, 6.45) is 7.64. The maximum Gasteiger partial charge on any atom is 0.316 e. The summed E-state index contributed by atoms with van der Waals surface area (Å²) in [5.41, 5.74) is -1.31. The molecule has 0 saturated heterocycles. The van der Waals surface area contributed by atoms with Crippen molar-refractivity contribution in [2.24, 2.45) is 34.0 Å². The standard InChI is InChI=1S/C29H47NO5S/c1-6-27(4)16-23(35-24(33)17-36-21-8-7-20(15-21)30-13-14-31)28(5)18(2)9-11-29(19(3)26(27)34)12-10-22(32)25(28)29/h6,18-21,23,25-26,30-31,34H,1,7-17H2,2-5H3/t18-,19+,20?,21?,23-,25+,26+,27-,28+,29?/m1/s1. The van der Waals surface area contributed by atoms with Gasteiger partial charge in [0.05, 0.1) is 18.5 Å². The van der Waals surface area contributed by atoms with Gasteiger partial charge in [-0.1, -0.05) is 33.8 Å². The van der Waals surface area contributed by atoms with Gasteiger partial charge in [0.1, 0.15) is 11.9 Å². The Morgan fingerprint density at radius 1 is 1.25 bits per heavy atom. The van der Waals surface area contributed by atoms with Crippen LogP contribution >= 0.6 is 11.8 Å². The Labute approximate surface area is 221 Å². The highest BCUT2D eigenvalue weighted by atomic mass is 32.2. The number of carbonyl (C=O) groups excluding carboxylic acids is 2. The summed E-state index contributed by atoms with van der Waals surface area (Å²) in [4.78, 5) is 26.8. The smallest absolute Gasteiger partial charge is 0.316 e. The van der Waals surface area contributed by atoms with Gasteiger partial charge in [-0.3, -0.25) is 9.59 Å². The number of carbonyl (C=O) groups is 2. The summed E-state index contributed by atoms with van der Waals surface area (Å²) in [6, 6.07) is 0.400. The van der Waals surface area contributed by atoms with Crippen LogP contribution in [0.2, 0.25) is 0 Å². The zero-order chi connectivity index (χ0) is 26.3. The summed E-state index contributed by atoms with van der Waals surface area (Å²) < 4.78 is 6.35. The van der Waals surface area contributed by atoms with Gasteiger partial charge in [0.15, 0.2) is 0 Å². The number of ketones is 1. The third-order valence-corrected chi connectivity index (χ3v) is 12.2. The van der Waals surface area contributed by atoms with Gasteiger partial charge in [0.25, 0.3) is 0 Å². The Morgan fingerprint density at radius 3 is 2.69 bits per heavy atom. The number of ether oxygens (including phenoxy) is 1. The van der Waals surface area contributed by atoms with Crippen LogP contribution in [0.15, 0.2) is 12.7 Å². The number of aliphatic hydroxyl groups is 2. The Balaban J connectivity index is 1.55. The van der Waals surface area contributed by atoms with Crippen LogP contribution < -0.4 is 5.32 Å². The van der Waals surface area contributed by atoms with Gasteiger partial charge in [-0.2, -0.15) is 0 Å². The fraction of sp³-hybridized carbons (Fsp3) is 0.862. The monoisotopic (exact) mass is 521 g/mol. The number of Topliss-reactive ketones (excluding diaryl/α,β-unsaturated/α-hetero) is 1. The molecule has 0 aromatic carbocycles. The van der Waals surface area contributed by atoms with Crippen LogP contribution in [-0.4, -0.2) is 64.4 Å². The van der Waals surface area contributed by atoms with E-state index < -0.39 is 23.0 Å². The Hall–Kier alpha value is -0.890. The minimum absolute atomic E-state index is 0.0225.